The number of rotatable bonds is 3. The van der Waals surface area contributed by atoms with Gasteiger partial charge >= 0.3 is 0 Å². The van der Waals surface area contributed by atoms with Crippen molar-refractivity contribution in [3.8, 4) is 0 Å². The predicted molar refractivity (Wildman–Crippen MR) is 70.0 cm³/mol. The van der Waals surface area contributed by atoms with Gasteiger partial charge < -0.3 is 10.1 Å². The van der Waals surface area contributed by atoms with Gasteiger partial charge in [0, 0.05) is 6.61 Å². The highest BCUT2D eigenvalue weighted by Crippen LogP contribution is 2.56. The molecule has 98 valence electrons. The van der Waals surface area contributed by atoms with Crippen molar-refractivity contribution in [1.29, 1.82) is 0 Å². The molecule has 1 saturated heterocycles. The van der Waals surface area contributed by atoms with E-state index in [4.69, 9.17) is 4.74 Å². The Bertz CT molecular complexity index is 254. The van der Waals surface area contributed by atoms with Gasteiger partial charge in [-0.3, -0.25) is 0 Å². The van der Waals surface area contributed by atoms with Crippen molar-refractivity contribution < 1.29 is 4.74 Å². The lowest BCUT2D eigenvalue weighted by Gasteiger charge is -2.56. The lowest BCUT2D eigenvalue weighted by Crippen LogP contribution is -2.56. The minimum absolute atomic E-state index is 0.585. The van der Waals surface area contributed by atoms with Crippen molar-refractivity contribution in [3.05, 3.63) is 0 Å². The summed E-state index contributed by atoms with van der Waals surface area (Å²) in [6.45, 7) is 5.54. The number of piperidine rings is 1. The summed E-state index contributed by atoms with van der Waals surface area (Å²) in [6, 6.07) is 0. The molecule has 17 heavy (non-hydrogen) atoms. The monoisotopic (exact) mass is 237 g/mol. The lowest BCUT2D eigenvalue weighted by molar-refractivity contribution is -0.128. The summed E-state index contributed by atoms with van der Waals surface area (Å²) in [6.07, 6.45) is 10.6. The fraction of sp³-hybridized carbons (Fsp3) is 1.00. The number of nitrogens with one attached hydrogen (secondary N) is 1. The Hall–Kier alpha value is -0.0800. The second-order valence-corrected chi connectivity index (χ2v) is 6.45. The summed E-state index contributed by atoms with van der Waals surface area (Å²) in [5.74, 6) is 1.97. The Labute approximate surface area is 105 Å². The number of ether oxygens (including phenoxy) is 1. The van der Waals surface area contributed by atoms with Gasteiger partial charge in [-0.2, -0.15) is 0 Å². The van der Waals surface area contributed by atoms with Crippen LogP contribution in [-0.2, 0) is 4.74 Å². The first-order valence-corrected chi connectivity index (χ1v) is 7.66. The molecule has 2 nitrogen and oxygen atoms in total. The molecule has 2 saturated carbocycles. The van der Waals surface area contributed by atoms with Crippen LogP contribution in [-0.4, -0.2) is 25.8 Å². The molecule has 0 bridgehead atoms. The molecule has 0 aromatic rings. The Morgan fingerprint density at radius 2 is 2.00 bits per heavy atom. The molecule has 3 fully saturated rings. The smallest absolute Gasteiger partial charge is 0.0585 e. The molecule has 1 spiro atoms. The minimum Gasteiger partial charge on any atom is -0.378 e. The topological polar surface area (TPSA) is 21.3 Å². The van der Waals surface area contributed by atoms with E-state index in [1.54, 1.807) is 0 Å². The van der Waals surface area contributed by atoms with E-state index < -0.39 is 0 Å². The Kier molecular flexibility index (Phi) is 3.45. The van der Waals surface area contributed by atoms with Crippen LogP contribution in [0, 0.1) is 17.3 Å². The fourth-order valence-corrected chi connectivity index (χ4v) is 4.73. The quantitative estimate of drug-likeness (QED) is 0.815. The second-order valence-electron chi connectivity index (χ2n) is 6.45. The molecule has 0 aromatic heterocycles. The number of hydrogen-bond donors (Lipinski definition) is 1. The van der Waals surface area contributed by atoms with Crippen molar-refractivity contribution in [2.75, 3.05) is 19.7 Å². The maximum absolute atomic E-state index is 5.80. The van der Waals surface area contributed by atoms with E-state index in [-0.39, 0.29) is 0 Å². The van der Waals surface area contributed by atoms with E-state index in [0.717, 1.165) is 18.4 Å². The van der Waals surface area contributed by atoms with Crippen LogP contribution in [0.3, 0.4) is 0 Å². The van der Waals surface area contributed by atoms with Gasteiger partial charge in [0.1, 0.15) is 0 Å². The molecule has 1 heterocycles. The zero-order valence-corrected chi connectivity index (χ0v) is 11.2. The third-order valence-electron chi connectivity index (χ3n) is 5.59. The van der Waals surface area contributed by atoms with Crippen LogP contribution in [0.4, 0.5) is 0 Å². The molecule has 3 rings (SSSR count). The Balaban J connectivity index is 1.64. The average molecular weight is 237 g/mol. The normalized spacial score (nSPS) is 42.9. The molecule has 1 N–H and O–H groups in total. The van der Waals surface area contributed by atoms with E-state index in [1.165, 1.54) is 58.0 Å². The molecule has 0 radical (unpaired) electrons. The molecule has 1 aliphatic heterocycles. The molecule has 0 amide bonds. The lowest BCUT2D eigenvalue weighted by atomic mass is 9.53. The third-order valence-corrected chi connectivity index (χ3v) is 5.59. The first kappa shape index (κ1) is 12.0. The van der Waals surface area contributed by atoms with E-state index in [2.05, 4.69) is 12.2 Å². The second kappa shape index (κ2) is 4.89. The van der Waals surface area contributed by atoms with Crippen molar-refractivity contribution in [2.45, 2.75) is 58.0 Å². The van der Waals surface area contributed by atoms with Crippen LogP contribution in [0.5, 0.6) is 0 Å². The van der Waals surface area contributed by atoms with Crippen LogP contribution >= 0.6 is 0 Å². The van der Waals surface area contributed by atoms with Crippen LogP contribution in [0.25, 0.3) is 0 Å². The van der Waals surface area contributed by atoms with Gasteiger partial charge in [0.15, 0.2) is 0 Å². The first-order valence-electron chi connectivity index (χ1n) is 7.66. The molecule has 1 atom stereocenters. The van der Waals surface area contributed by atoms with Gasteiger partial charge in [-0.1, -0.05) is 25.7 Å². The van der Waals surface area contributed by atoms with Gasteiger partial charge in [0.2, 0.25) is 0 Å². The van der Waals surface area contributed by atoms with E-state index >= 15 is 0 Å². The third kappa shape index (κ3) is 2.15. The summed E-state index contributed by atoms with van der Waals surface area (Å²) < 4.78 is 5.80. The molecular formula is C15H27NO. The molecule has 0 aromatic carbocycles. The highest BCUT2D eigenvalue weighted by atomic mass is 16.5. The highest BCUT2D eigenvalue weighted by Gasteiger charge is 2.52. The van der Waals surface area contributed by atoms with Crippen molar-refractivity contribution in [1.82, 2.24) is 5.32 Å². The molecule has 2 aliphatic carbocycles. The summed E-state index contributed by atoms with van der Waals surface area (Å²) in [4.78, 5) is 0. The standard InChI is InChI=1S/C15H27NO/c1-2-17-13-9-15(10-13)7-8-16-11-14(15)12-5-3-4-6-12/h12-14,16H,2-11H2,1H3. The van der Waals surface area contributed by atoms with Gasteiger partial charge in [-0.15, -0.1) is 0 Å². The van der Waals surface area contributed by atoms with E-state index in [0.29, 0.717) is 11.5 Å². The first-order chi connectivity index (χ1) is 8.34. The van der Waals surface area contributed by atoms with E-state index in [9.17, 15) is 0 Å². The molecule has 1 unspecified atom stereocenters. The fourth-order valence-electron chi connectivity index (χ4n) is 4.73. The number of hydrogen-bond acceptors (Lipinski definition) is 2. The minimum atomic E-state index is 0.585. The molecule has 3 aliphatic rings. The van der Waals surface area contributed by atoms with Crippen LogP contribution in [0.1, 0.15) is 51.9 Å². The van der Waals surface area contributed by atoms with Gasteiger partial charge in [0.25, 0.3) is 0 Å². The highest BCUT2D eigenvalue weighted by molar-refractivity contribution is 5.04. The van der Waals surface area contributed by atoms with Crippen molar-refractivity contribution in [3.63, 3.8) is 0 Å². The van der Waals surface area contributed by atoms with Gasteiger partial charge in [-0.05, 0) is 56.5 Å². The summed E-state index contributed by atoms with van der Waals surface area (Å²) in [5.41, 5.74) is 0.667. The Morgan fingerprint density at radius 1 is 1.24 bits per heavy atom. The average Bonchev–Trinajstić information content (AvgIpc) is 2.81. The van der Waals surface area contributed by atoms with Crippen LogP contribution < -0.4 is 5.32 Å². The SMILES string of the molecule is CCOC1CC2(CCNCC2C2CCCC2)C1. The largest absolute Gasteiger partial charge is 0.378 e. The predicted octanol–water partition coefficient (Wildman–Crippen LogP) is 2.97. The van der Waals surface area contributed by atoms with Crippen LogP contribution in [0.15, 0.2) is 0 Å². The zero-order valence-electron chi connectivity index (χ0n) is 11.2. The van der Waals surface area contributed by atoms with Crippen molar-refractivity contribution >= 4 is 0 Å². The van der Waals surface area contributed by atoms with E-state index in [1.807, 2.05) is 0 Å². The molecule has 2 heteroatoms. The van der Waals surface area contributed by atoms with Crippen molar-refractivity contribution in [2.24, 2.45) is 17.3 Å². The van der Waals surface area contributed by atoms with Gasteiger partial charge in [0.05, 0.1) is 6.10 Å². The van der Waals surface area contributed by atoms with Gasteiger partial charge in [-0.25, -0.2) is 0 Å². The van der Waals surface area contributed by atoms with Crippen LogP contribution in [0.2, 0.25) is 0 Å². The summed E-state index contributed by atoms with van der Waals surface area (Å²) in [5, 5.41) is 3.64. The summed E-state index contributed by atoms with van der Waals surface area (Å²) in [7, 11) is 0. The Morgan fingerprint density at radius 3 is 2.71 bits per heavy atom. The maximum Gasteiger partial charge on any atom is 0.0585 e. The maximum atomic E-state index is 5.80. The summed E-state index contributed by atoms with van der Waals surface area (Å²) >= 11 is 0. The molecular weight excluding hydrogens is 210 g/mol. The zero-order chi connectivity index (χ0) is 11.7.